The van der Waals surface area contributed by atoms with Crippen molar-refractivity contribution in [2.45, 2.75) is 11.3 Å². The third-order valence-corrected chi connectivity index (χ3v) is 6.10. The minimum absolute atomic E-state index is 0.0285. The molecule has 1 saturated heterocycles. The number of benzene rings is 1. The van der Waals surface area contributed by atoms with Gasteiger partial charge in [0.05, 0.1) is 23.7 Å². The summed E-state index contributed by atoms with van der Waals surface area (Å²) in [7, 11) is -3.73. The second kappa shape index (κ2) is 8.39. The van der Waals surface area contributed by atoms with Crippen LogP contribution in [-0.2, 0) is 21.2 Å². The Labute approximate surface area is 153 Å². The monoisotopic (exact) mass is 375 g/mol. The Morgan fingerprint density at radius 3 is 2.65 bits per heavy atom. The largest absolute Gasteiger partial charge is 0.379 e. The Kier molecular flexibility index (Phi) is 5.97. The molecule has 1 aliphatic rings. The molecule has 0 atom stereocenters. The average molecular weight is 375 g/mol. The third kappa shape index (κ3) is 4.27. The molecule has 0 saturated carbocycles. The Bertz CT molecular complexity index is 850. The van der Waals surface area contributed by atoms with Gasteiger partial charge in [-0.15, -0.1) is 0 Å². The van der Waals surface area contributed by atoms with Crippen molar-refractivity contribution in [2.24, 2.45) is 0 Å². The summed E-state index contributed by atoms with van der Waals surface area (Å²) in [5.41, 5.74) is 1.16. The first-order chi connectivity index (χ1) is 12.6. The van der Waals surface area contributed by atoms with Crippen LogP contribution in [0.15, 0.2) is 53.7 Å². The molecule has 1 aliphatic heterocycles. The van der Waals surface area contributed by atoms with Crippen LogP contribution in [0.1, 0.15) is 15.9 Å². The first-order valence-electron chi connectivity index (χ1n) is 8.43. The molecular formula is C18H21N3O4S. The van der Waals surface area contributed by atoms with Crippen molar-refractivity contribution in [1.29, 1.82) is 0 Å². The lowest BCUT2D eigenvalue weighted by Gasteiger charge is -2.26. The topological polar surface area (TPSA) is 88.6 Å². The molecule has 0 spiro atoms. The van der Waals surface area contributed by atoms with Crippen LogP contribution in [0.4, 0.5) is 0 Å². The number of nitrogens with one attached hydrogen (secondary N) is 1. The molecule has 1 amide bonds. The van der Waals surface area contributed by atoms with Gasteiger partial charge in [0.25, 0.3) is 5.91 Å². The van der Waals surface area contributed by atoms with Crippen LogP contribution >= 0.6 is 0 Å². The average Bonchev–Trinajstić information content (AvgIpc) is 2.69. The van der Waals surface area contributed by atoms with Gasteiger partial charge in [0.1, 0.15) is 0 Å². The summed E-state index contributed by atoms with van der Waals surface area (Å²) in [6, 6.07) is 10.1. The number of carbonyl (C=O) groups excluding carboxylic acids is 1. The fourth-order valence-electron chi connectivity index (χ4n) is 2.77. The van der Waals surface area contributed by atoms with E-state index >= 15 is 0 Å². The lowest BCUT2D eigenvalue weighted by molar-refractivity contribution is 0.0730. The Balaban J connectivity index is 1.72. The summed E-state index contributed by atoms with van der Waals surface area (Å²) < 4.78 is 32.4. The van der Waals surface area contributed by atoms with Gasteiger partial charge >= 0.3 is 0 Å². The molecule has 138 valence electrons. The maximum atomic E-state index is 12.9. The number of amides is 1. The van der Waals surface area contributed by atoms with Crippen molar-refractivity contribution >= 4 is 15.9 Å². The quantitative estimate of drug-likeness (QED) is 0.816. The zero-order valence-corrected chi connectivity index (χ0v) is 15.1. The number of sulfonamides is 1. The highest BCUT2D eigenvalue weighted by Gasteiger charge is 2.29. The van der Waals surface area contributed by atoms with E-state index in [1.807, 2.05) is 12.1 Å². The smallest absolute Gasteiger partial charge is 0.252 e. The van der Waals surface area contributed by atoms with Crippen molar-refractivity contribution < 1.29 is 17.9 Å². The van der Waals surface area contributed by atoms with Gasteiger partial charge in [-0.2, -0.15) is 4.31 Å². The van der Waals surface area contributed by atoms with E-state index < -0.39 is 15.9 Å². The van der Waals surface area contributed by atoms with Gasteiger partial charge in [0.2, 0.25) is 10.0 Å². The Morgan fingerprint density at radius 1 is 1.15 bits per heavy atom. The Hall–Kier alpha value is -2.29. The number of pyridine rings is 1. The number of morpholine rings is 1. The molecule has 26 heavy (non-hydrogen) atoms. The number of rotatable bonds is 6. The van der Waals surface area contributed by atoms with E-state index in [4.69, 9.17) is 4.74 Å². The van der Waals surface area contributed by atoms with Gasteiger partial charge < -0.3 is 10.1 Å². The number of carbonyl (C=O) groups is 1. The minimum atomic E-state index is -3.73. The highest BCUT2D eigenvalue weighted by atomic mass is 32.2. The van der Waals surface area contributed by atoms with Crippen LogP contribution in [0, 0.1) is 0 Å². The van der Waals surface area contributed by atoms with E-state index in [1.54, 1.807) is 24.5 Å². The molecule has 3 rings (SSSR count). The van der Waals surface area contributed by atoms with Crippen LogP contribution in [0.2, 0.25) is 0 Å². The molecule has 1 N–H and O–H groups in total. The molecule has 0 bridgehead atoms. The molecule has 2 heterocycles. The van der Waals surface area contributed by atoms with E-state index in [0.717, 1.165) is 5.56 Å². The maximum Gasteiger partial charge on any atom is 0.252 e. The summed E-state index contributed by atoms with van der Waals surface area (Å²) in [4.78, 5) is 16.6. The maximum absolute atomic E-state index is 12.9. The molecule has 2 aromatic rings. The molecule has 0 radical (unpaired) electrons. The SMILES string of the molecule is O=C(NCCc1cccnc1)c1ccccc1S(=O)(=O)N1CCOCC1. The summed E-state index contributed by atoms with van der Waals surface area (Å²) >= 11 is 0. The first-order valence-corrected chi connectivity index (χ1v) is 9.87. The lowest BCUT2D eigenvalue weighted by atomic mass is 10.2. The molecule has 8 heteroatoms. The summed E-state index contributed by atoms with van der Waals surface area (Å²) in [5.74, 6) is -0.402. The predicted molar refractivity (Wildman–Crippen MR) is 96.3 cm³/mol. The highest BCUT2D eigenvalue weighted by molar-refractivity contribution is 7.89. The van der Waals surface area contributed by atoms with Crippen molar-refractivity contribution in [2.75, 3.05) is 32.8 Å². The van der Waals surface area contributed by atoms with Crippen molar-refractivity contribution in [3.63, 3.8) is 0 Å². The summed E-state index contributed by atoms with van der Waals surface area (Å²) in [5, 5.41) is 2.79. The predicted octanol–water partition coefficient (Wildman–Crippen LogP) is 1.07. The van der Waals surface area contributed by atoms with E-state index in [9.17, 15) is 13.2 Å². The van der Waals surface area contributed by atoms with Crippen LogP contribution in [0.3, 0.4) is 0 Å². The molecule has 7 nitrogen and oxygen atoms in total. The van der Waals surface area contributed by atoms with Gasteiger partial charge in [0, 0.05) is 32.0 Å². The van der Waals surface area contributed by atoms with Gasteiger partial charge in [0.15, 0.2) is 0 Å². The number of ether oxygens (including phenoxy) is 1. The zero-order chi connectivity index (χ0) is 18.4. The fraction of sp³-hybridized carbons (Fsp3) is 0.333. The van der Waals surface area contributed by atoms with Gasteiger partial charge in [-0.25, -0.2) is 8.42 Å². The molecular weight excluding hydrogens is 354 g/mol. The zero-order valence-electron chi connectivity index (χ0n) is 14.3. The van der Waals surface area contributed by atoms with Crippen LogP contribution in [0.25, 0.3) is 0 Å². The van der Waals surface area contributed by atoms with Crippen molar-refractivity contribution in [3.8, 4) is 0 Å². The van der Waals surface area contributed by atoms with Crippen LogP contribution in [0.5, 0.6) is 0 Å². The van der Waals surface area contributed by atoms with Crippen LogP contribution in [-0.4, -0.2) is 56.5 Å². The van der Waals surface area contributed by atoms with Crippen LogP contribution < -0.4 is 5.32 Å². The number of aromatic nitrogens is 1. The van der Waals surface area contributed by atoms with Gasteiger partial charge in [-0.1, -0.05) is 18.2 Å². The molecule has 1 aromatic heterocycles. The Morgan fingerprint density at radius 2 is 1.92 bits per heavy atom. The number of hydrogen-bond acceptors (Lipinski definition) is 5. The van der Waals surface area contributed by atoms with E-state index in [1.165, 1.54) is 16.4 Å². The van der Waals surface area contributed by atoms with Gasteiger partial charge in [-0.3, -0.25) is 9.78 Å². The van der Waals surface area contributed by atoms with Gasteiger partial charge in [-0.05, 0) is 30.2 Å². The lowest BCUT2D eigenvalue weighted by Crippen LogP contribution is -2.41. The third-order valence-electron chi connectivity index (χ3n) is 4.14. The highest BCUT2D eigenvalue weighted by Crippen LogP contribution is 2.21. The second-order valence-electron chi connectivity index (χ2n) is 5.88. The molecule has 1 fully saturated rings. The van der Waals surface area contributed by atoms with E-state index in [2.05, 4.69) is 10.3 Å². The van der Waals surface area contributed by atoms with E-state index in [-0.39, 0.29) is 10.5 Å². The normalized spacial score (nSPS) is 15.5. The van der Waals surface area contributed by atoms with E-state index in [0.29, 0.717) is 39.3 Å². The summed E-state index contributed by atoms with van der Waals surface area (Å²) in [6.07, 6.45) is 4.05. The second-order valence-corrected chi connectivity index (χ2v) is 7.79. The molecule has 0 aliphatic carbocycles. The van der Waals surface area contributed by atoms with Crippen molar-refractivity contribution in [3.05, 3.63) is 59.9 Å². The number of nitrogens with zero attached hydrogens (tertiary/aromatic N) is 2. The molecule has 0 unspecified atom stereocenters. The molecule has 1 aromatic carbocycles. The first kappa shape index (κ1) is 18.5. The fourth-order valence-corrected chi connectivity index (χ4v) is 4.36. The van der Waals surface area contributed by atoms with Crippen molar-refractivity contribution in [1.82, 2.24) is 14.6 Å². The minimum Gasteiger partial charge on any atom is -0.379 e. The number of hydrogen-bond donors (Lipinski definition) is 1. The summed E-state index contributed by atoms with van der Waals surface area (Å²) in [6.45, 7) is 1.70. The standard InChI is InChI=1S/C18H21N3O4S/c22-18(20-9-7-15-4-3-8-19-14-15)16-5-1-2-6-17(16)26(23,24)21-10-12-25-13-11-21/h1-6,8,14H,7,9-13H2,(H,20,22).